The van der Waals surface area contributed by atoms with E-state index in [2.05, 4.69) is 59.1 Å². The van der Waals surface area contributed by atoms with Crippen molar-refractivity contribution in [3.8, 4) is 5.75 Å². The molecule has 0 radical (unpaired) electrons. The zero-order valence-corrected chi connectivity index (χ0v) is 23.4. The normalized spacial score (nSPS) is 14.9. The standard InChI is InChI=1S/C27H31BrN4O3S/c1-5-7-14-34-25(33)23-18(4)29-26-30-27(36-6-2)31-32(26)24(23)21-15-20(28)12-13-22(21)35-16-19-11-9-8-10-17(19)3/h8-13,15,24H,5-7,14,16H2,1-4H3,(H,29,30,31). The van der Waals surface area contributed by atoms with Gasteiger partial charge >= 0.3 is 5.97 Å². The highest BCUT2D eigenvalue weighted by molar-refractivity contribution is 9.10. The van der Waals surface area contributed by atoms with Crippen LogP contribution < -0.4 is 10.1 Å². The van der Waals surface area contributed by atoms with Gasteiger partial charge in [-0.2, -0.15) is 4.98 Å². The quantitative estimate of drug-likeness (QED) is 0.165. The lowest BCUT2D eigenvalue weighted by Gasteiger charge is -2.29. The lowest BCUT2D eigenvalue weighted by atomic mass is 9.95. The molecule has 190 valence electrons. The second-order valence-corrected chi connectivity index (χ2v) is 10.7. The van der Waals surface area contributed by atoms with Crippen LogP contribution in [0.4, 0.5) is 5.95 Å². The number of nitrogens with zero attached hydrogens (tertiary/aromatic N) is 3. The fourth-order valence-electron chi connectivity index (χ4n) is 4.05. The number of allylic oxidation sites excluding steroid dienone is 1. The number of rotatable bonds is 10. The number of aromatic nitrogens is 3. The molecule has 0 saturated carbocycles. The second kappa shape index (κ2) is 12.0. The van der Waals surface area contributed by atoms with Gasteiger partial charge in [-0.3, -0.25) is 0 Å². The molecular formula is C27H31BrN4O3S. The molecule has 1 N–H and O–H groups in total. The minimum Gasteiger partial charge on any atom is -0.489 e. The molecule has 0 spiro atoms. The van der Waals surface area contributed by atoms with Gasteiger partial charge in [-0.25, -0.2) is 9.48 Å². The molecule has 1 aliphatic heterocycles. The monoisotopic (exact) mass is 570 g/mol. The van der Waals surface area contributed by atoms with Gasteiger partial charge in [0.05, 0.1) is 12.2 Å². The Balaban J connectivity index is 1.78. The maximum Gasteiger partial charge on any atom is 0.338 e. The first kappa shape index (κ1) is 26.3. The summed E-state index contributed by atoms with van der Waals surface area (Å²) in [6.45, 7) is 8.85. The number of ether oxygens (including phenoxy) is 2. The van der Waals surface area contributed by atoms with Crippen molar-refractivity contribution in [2.75, 3.05) is 17.7 Å². The summed E-state index contributed by atoms with van der Waals surface area (Å²) in [6.07, 6.45) is 1.75. The lowest BCUT2D eigenvalue weighted by molar-refractivity contribution is -0.139. The van der Waals surface area contributed by atoms with Gasteiger partial charge in [-0.1, -0.05) is 72.2 Å². The molecule has 36 heavy (non-hydrogen) atoms. The van der Waals surface area contributed by atoms with Gasteiger partial charge in [-0.15, -0.1) is 5.10 Å². The van der Waals surface area contributed by atoms with E-state index in [1.54, 1.807) is 16.4 Å². The molecule has 1 atom stereocenters. The third-order valence-corrected chi connectivity index (χ3v) is 7.18. The topological polar surface area (TPSA) is 78.3 Å². The summed E-state index contributed by atoms with van der Waals surface area (Å²) in [4.78, 5) is 18.0. The Morgan fingerprint density at radius 3 is 2.75 bits per heavy atom. The van der Waals surface area contributed by atoms with Crippen LogP contribution in [0, 0.1) is 6.92 Å². The van der Waals surface area contributed by atoms with E-state index in [4.69, 9.17) is 14.6 Å². The first-order valence-electron chi connectivity index (χ1n) is 12.1. The lowest BCUT2D eigenvalue weighted by Crippen LogP contribution is -2.30. The van der Waals surface area contributed by atoms with E-state index < -0.39 is 6.04 Å². The van der Waals surface area contributed by atoms with Crippen molar-refractivity contribution >= 4 is 39.6 Å². The Morgan fingerprint density at radius 2 is 2.00 bits per heavy atom. The fourth-order valence-corrected chi connectivity index (χ4v) is 4.99. The number of esters is 1. The predicted molar refractivity (Wildman–Crippen MR) is 146 cm³/mol. The second-order valence-electron chi connectivity index (χ2n) is 8.55. The summed E-state index contributed by atoms with van der Waals surface area (Å²) in [5.41, 5.74) is 4.26. The maximum atomic E-state index is 13.4. The van der Waals surface area contributed by atoms with E-state index in [1.165, 1.54) is 0 Å². The Bertz CT molecular complexity index is 1270. The zero-order valence-electron chi connectivity index (χ0n) is 21.0. The van der Waals surface area contributed by atoms with E-state index >= 15 is 0 Å². The highest BCUT2D eigenvalue weighted by atomic mass is 79.9. The maximum absolute atomic E-state index is 13.4. The van der Waals surface area contributed by atoms with Crippen LogP contribution in [0.15, 0.2) is 63.4 Å². The van der Waals surface area contributed by atoms with Crippen molar-refractivity contribution in [2.24, 2.45) is 0 Å². The number of carbonyl (C=O) groups is 1. The van der Waals surface area contributed by atoms with Crippen LogP contribution in [-0.2, 0) is 16.1 Å². The van der Waals surface area contributed by atoms with E-state index in [1.807, 2.05) is 37.3 Å². The molecule has 9 heteroatoms. The molecule has 1 aliphatic rings. The summed E-state index contributed by atoms with van der Waals surface area (Å²) in [7, 11) is 0. The average Bonchev–Trinajstić information content (AvgIpc) is 3.25. The molecule has 2 aromatic carbocycles. The van der Waals surface area contributed by atoms with Crippen LogP contribution in [0.2, 0.25) is 0 Å². The number of benzene rings is 2. The van der Waals surface area contributed by atoms with Crippen LogP contribution in [0.3, 0.4) is 0 Å². The largest absolute Gasteiger partial charge is 0.489 e. The number of nitrogens with one attached hydrogen (secondary N) is 1. The Labute approximate surface area is 224 Å². The van der Waals surface area contributed by atoms with Crippen LogP contribution in [-0.4, -0.2) is 33.1 Å². The number of fused-ring (bicyclic) bond motifs is 1. The summed E-state index contributed by atoms with van der Waals surface area (Å²) in [5, 5.41) is 8.67. The van der Waals surface area contributed by atoms with Gasteiger partial charge in [0.15, 0.2) is 0 Å². The number of hydrogen-bond acceptors (Lipinski definition) is 7. The minimum absolute atomic E-state index is 0.367. The van der Waals surface area contributed by atoms with Crippen LogP contribution >= 0.6 is 27.7 Å². The summed E-state index contributed by atoms with van der Waals surface area (Å²) in [5.74, 6) is 1.73. The molecule has 0 fully saturated rings. The molecule has 0 aliphatic carbocycles. The first-order valence-corrected chi connectivity index (χ1v) is 13.9. The van der Waals surface area contributed by atoms with Crippen LogP contribution in [0.25, 0.3) is 0 Å². The summed E-state index contributed by atoms with van der Waals surface area (Å²) < 4.78 is 14.7. The van der Waals surface area contributed by atoms with Crippen LogP contribution in [0.1, 0.15) is 56.3 Å². The first-order chi connectivity index (χ1) is 17.4. The van der Waals surface area contributed by atoms with Crippen molar-refractivity contribution < 1.29 is 14.3 Å². The van der Waals surface area contributed by atoms with Crippen molar-refractivity contribution in [1.82, 2.24) is 14.8 Å². The number of halogens is 1. The number of anilines is 1. The molecule has 3 aromatic rings. The number of hydrogen-bond donors (Lipinski definition) is 1. The molecule has 1 aromatic heterocycles. The fraction of sp³-hybridized carbons (Fsp3) is 0.370. The molecule has 2 heterocycles. The molecule has 0 bridgehead atoms. The number of carbonyl (C=O) groups excluding carboxylic acids is 1. The highest BCUT2D eigenvalue weighted by Crippen LogP contribution is 2.41. The number of unbranched alkanes of at least 4 members (excludes halogenated alkanes) is 1. The molecule has 1 unspecified atom stereocenters. The van der Waals surface area contributed by atoms with E-state index in [9.17, 15) is 4.79 Å². The molecule has 4 rings (SSSR count). The Hall–Kier alpha value is -2.78. The molecule has 7 nitrogen and oxygen atoms in total. The molecular weight excluding hydrogens is 540 g/mol. The summed E-state index contributed by atoms with van der Waals surface area (Å²) >= 11 is 5.16. The predicted octanol–water partition coefficient (Wildman–Crippen LogP) is 6.67. The third-order valence-electron chi connectivity index (χ3n) is 5.97. The van der Waals surface area contributed by atoms with Gasteiger partial charge in [0.2, 0.25) is 11.1 Å². The Morgan fingerprint density at radius 1 is 1.19 bits per heavy atom. The smallest absolute Gasteiger partial charge is 0.338 e. The average molecular weight is 572 g/mol. The van der Waals surface area contributed by atoms with Gasteiger partial charge in [-0.05, 0) is 55.3 Å². The van der Waals surface area contributed by atoms with Crippen molar-refractivity contribution in [3.63, 3.8) is 0 Å². The SMILES string of the molecule is CCCCOC(=O)C1=C(C)Nc2nc(SCC)nn2C1c1cc(Br)ccc1OCc1ccccc1C. The molecule has 0 saturated heterocycles. The van der Waals surface area contributed by atoms with Crippen molar-refractivity contribution in [2.45, 2.75) is 58.3 Å². The van der Waals surface area contributed by atoms with E-state index in [0.717, 1.165) is 39.8 Å². The zero-order chi connectivity index (χ0) is 25.7. The van der Waals surface area contributed by atoms with Gasteiger partial charge in [0.25, 0.3) is 0 Å². The van der Waals surface area contributed by atoms with Gasteiger partial charge < -0.3 is 14.8 Å². The van der Waals surface area contributed by atoms with Gasteiger partial charge in [0, 0.05) is 15.7 Å². The Kier molecular flexibility index (Phi) is 8.74. The summed E-state index contributed by atoms with van der Waals surface area (Å²) in [6, 6.07) is 13.4. The van der Waals surface area contributed by atoms with Crippen molar-refractivity contribution in [3.05, 3.63) is 74.9 Å². The van der Waals surface area contributed by atoms with Crippen LogP contribution in [0.5, 0.6) is 5.75 Å². The van der Waals surface area contributed by atoms with E-state index in [0.29, 0.717) is 41.3 Å². The number of aryl methyl sites for hydroxylation is 1. The van der Waals surface area contributed by atoms with E-state index in [-0.39, 0.29) is 5.97 Å². The minimum atomic E-state index is -0.557. The number of thioether (sulfide) groups is 1. The third kappa shape index (κ3) is 5.78. The molecule has 0 amide bonds. The highest BCUT2D eigenvalue weighted by Gasteiger charge is 2.37. The van der Waals surface area contributed by atoms with Gasteiger partial charge in [0.1, 0.15) is 18.4 Å². The van der Waals surface area contributed by atoms with Crippen molar-refractivity contribution in [1.29, 1.82) is 0 Å².